The van der Waals surface area contributed by atoms with Crippen molar-refractivity contribution < 1.29 is 19.0 Å². The van der Waals surface area contributed by atoms with Crippen molar-refractivity contribution in [1.29, 1.82) is 0 Å². The second-order valence-corrected chi connectivity index (χ2v) is 4.50. The fourth-order valence-electron chi connectivity index (χ4n) is 1.88. The van der Waals surface area contributed by atoms with Gasteiger partial charge in [0.2, 0.25) is 0 Å². The summed E-state index contributed by atoms with van der Waals surface area (Å²) in [5.41, 5.74) is 0.629. The van der Waals surface area contributed by atoms with Crippen molar-refractivity contribution in [1.82, 2.24) is 4.90 Å². The first-order valence-electron chi connectivity index (χ1n) is 6.73. The predicted molar refractivity (Wildman–Crippen MR) is 76.4 cm³/mol. The number of ether oxygens (including phenoxy) is 1. The zero-order valence-corrected chi connectivity index (χ0v) is 11.6. The number of rotatable bonds is 2. The third-order valence-corrected chi connectivity index (χ3v) is 2.98. The van der Waals surface area contributed by atoms with Crippen molar-refractivity contribution >= 4 is 11.7 Å². The van der Waals surface area contributed by atoms with Gasteiger partial charge in [0.25, 0.3) is 0 Å². The van der Waals surface area contributed by atoms with Crippen LogP contribution in [0.1, 0.15) is 12.0 Å². The number of carbonyl (C=O) groups is 1. The van der Waals surface area contributed by atoms with Gasteiger partial charge in [0.05, 0.1) is 25.4 Å². The zero-order chi connectivity index (χ0) is 15.1. The molecule has 1 heterocycles. The molecule has 2 amide bonds. The number of carbonyl (C=O) groups excluding carboxylic acids is 1. The lowest BCUT2D eigenvalue weighted by atomic mass is 10.2. The van der Waals surface area contributed by atoms with Gasteiger partial charge in [-0.05, 0) is 18.2 Å². The van der Waals surface area contributed by atoms with E-state index < -0.39 is 5.82 Å². The molecule has 21 heavy (non-hydrogen) atoms. The molecule has 0 spiro atoms. The first-order valence-corrected chi connectivity index (χ1v) is 6.73. The Morgan fingerprint density at radius 1 is 1.43 bits per heavy atom. The van der Waals surface area contributed by atoms with Gasteiger partial charge in [-0.25, -0.2) is 9.18 Å². The lowest BCUT2D eigenvalue weighted by molar-refractivity contribution is 0.0564. The molecule has 2 N–H and O–H groups in total. The maximum Gasteiger partial charge on any atom is 0.322 e. The van der Waals surface area contributed by atoms with Crippen LogP contribution in [0, 0.1) is 17.7 Å². The van der Waals surface area contributed by atoms with Crippen LogP contribution >= 0.6 is 0 Å². The minimum absolute atomic E-state index is 0.0533. The Bertz CT molecular complexity index is 560. The number of hydrogen-bond acceptors (Lipinski definition) is 3. The van der Waals surface area contributed by atoms with E-state index in [0.717, 1.165) is 0 Å². The highest BCUT2D eigenvalue weighted by molar-refractivity contribution is 5.89. The van der Waals surface area contributed by atoms with Gasteiger partial charge in [0.1, 0.15) is 5.82 Å². The van der Waals surface area contributed by atoms with E-state index in [1.165, 1.54) is 12.1 Å². The smallest absolute Gasteiger partial charge is 0.322 e. The largest absolute Gasteiger partial charge is 0.395 e. The summed E-state index contributed by atoms with van der Waals surface area (Å²) in [4.78, 5) is 13.6. The number of morpholine rings is 1. The van der Waals surface area contributed by atoms with Crippen LogP contribution in [0.4, 0.5) is 14.9 Å². The standard InChI is InChI=1S/C15H17FN2O3/c16-14-11-13(5-4-12(14)3-1-2-8-19)17-15(20)18-6-9-21-10-7-18/h4-5,11,19H,2,6-10H2,(H,17,20). The van der Waals surface area contributed by atoms with Crippen LogP contribution in [0.5, 0.6) is 0 Å². The molecule has 1 saturated heterocycles. The van der Waals surface area contributed by atoms with Gasteiger partial charge in [0.15, 0.2) is 0 Å². The molecule has 0 bridgehead atoms. The molecule has 2 rings (SSSR count). The Morgan fingerprint density at radius 3 is 2.86 bits per heavy atom. The molecule has 0 aliphatic carbocycles. The van der Waals surface area contributed by atoms with E-state index in [0.29, 0.717) is 38.4 Å². The van der Waals surface area contributed by atoms with E-state index in [1.54, 1.807) is 11.0 Å². The van der Waals surface area contributed by atoms with Gasteiger partial charge in [-0.15, -0.1) is 0 Å². The van der Waals surface area contributed by atoms with Gasteiger partial charge >= 0.3 is 6.03 Å². The maximum absolute atomic E-state index is 13.8. The summed E-state index contributed by atoms with van der Waals surface area (Å²) in [5.74, 6) is 4.79. The molecule has 112 valence electrons. The van der Waals surface area contributed by atoms with Crippen molar-refractivity contribution in [2.24, 2.45) is 0 Å². The van der Waals surface area contributed by atoms with Gasteiger partial charge < -0.3 is 20.1 Å². The summed E-state index contributed by atoms with van der Waals surface area (Å²) in [5, 5.41) is 11.3. The Hall–Kier alpha value is -2.10. The lowest BCUT2D eigenvalue weighted by Crippen LogP contribution is -2.43. The number of benzene rings is 1. The maximum atomic E-state index is 13.8. The number of halogens is 1. The van der Waals surface area contributed by atoms with Crippen molar-refractivity contribution in [3.05, 3.63) is 29.6 Å². The quantitative estimate of drug-likeness (QED) is 0.811. The van der Waals surface area contributed by atoms with Crippen LogP contribution in [0.2, 0.25) is 0 Å². The van der Waals surface area contributed by atoms with Gasteiger partial charge in [0, 0.05) is 25.2 Å². The number of aliphatic hydroxyl groups is 1. The van der Waals surface area contributed by atoms with Crippen molar-refractivity contribution in [2.45, 2.75) is 6.42 Å². The topological polar surface area (TPSA) is 61.8 Å². The van der Waals surface area contributed by atoms with Crippen molar-refractivity contribution in [3.63, 3.8) is 0 Å². The van der Waals surface area contributed by atoms with E-state index in [4.69, 9.17) is 9.84 Å². The Labute approximate surface area is 122 Å². The summed E-state index contributed by atoms with van der Waals surface area (Å²) in [6, 6.07) is 4.08. The molecular weight excluding hydrogens is 275 g/mol. The zero-order valence-electron chi connectivity index (χ0n) is 11.6. The highest BCUT2D eigenvalue weighted by atomic mass is 19.1. The highest BCUT2D eigenvalue weighted by Crippen LogP contribution is 2.14. The van der Waals surface area contributed by atoms with Crippen LogP contribution in [0.15, 0.2) is 18.2 Å². The minimum Gasteiger partial charge on any atom is -0.395 e. The molecule has 0 atom stereocenters. The molecule has 0 saturated carbocycles. The molecule has 0 unspecified atom stereocenters. The van der Waals surface area contributed by atoms with E-state index in [-0.39, 0.29) is 18.2 Å². The highest BCUT2D eigenvalue weighted by Gasteiger charge is 2.16. The average Bonchev–Trinajstić information content (AvgIpc) is 2.50. The van der Waals surface area contributed by atoms with Gasteiger partial charge in [-0.1, -0.05) is 11.8 Å². The molecule has 5 nitrogen and oxygen atoms in total. The van der Waals surface area contributed by atoms with Crippen LogP contribution < -0.4 is 5.32 Å². The molecule has 0 aromatic heterocycles. The van der Waals surface area contributed by atoms with E-state index >= 15 is 0 Å². The molecule has 1 aromatic carbocycles. The molecule has 6 heteroatoms. The monoisotopic (exact) mass is 292 g/mol. The molecular formula is C15H17FN2O3. The van der Waals surface area contributed by atoms with Crippen LogP contribution in [0.3, 0.4) is 0 Å². The number of urea groups is 1. The van der Waals surface area contributed by atoms with Crippen LogP contribution in [-0.2, 0) is 4.74 Å². The Balaban J connectivity index is 1.99. The van der Waals surface area contributed by atoms with E-state index in [9.17, 15) is 9.18 Å². The van der Waals surface area contributed by atoms with Crippen LogP contribution in [0.25, 0.3) is 0 Å². The summed E-state index contributed by atoms with van der Waals surface area (Å²) in [6.07, 6.45) is 0.301. The second kappa shape index (κ2) is 7.62. The van der Waals surface area contributed by atoms with Gasteiger partial charge in [-0.3, -0.25) is 0 Å². The number of aliphatic hydroxyl groups excluding tert-OH is 1. The lowest BCUT2D eigenvalue weighted by Gasteiger charge is -2.26. The van der Waals surface area contributed by atoms with Crippen LogP contribution in [-0.4, -0.2) is 48.9 Å². The normalized spacial score (nSPS) is 14.3. The number of amides is 2. The molecule has 0 radical (unpaired) electrons. The fraction of sp³-hybridized carbons (Fsp3) is 0.400. The summed E-state index contributed by atoms with van der Waals surface area (Å²) >= 11 is 0. The summed E-state index contributed by atoms with van der Waals surface area (Å²) < 4.78 is 19.0. The van der Waals surface area contributed by atoms with E-state index in [1.807, 2.05) is 0 Å². The fourth-order valence-corrected chi connectivity index (χ4v) is 1.88. The predicted octanol–water partition coefficient (Wildman–Crippen LogP) is 1.42. The number of nitrogens with one attached hydrogen (secondary N) is 1. The third kappa shape index (κ3) is 4.45. The SMILES string of the molecule is O=C(Nc1ccc(C#CCCO)c(F)c1)N1CCOCC1. The van der Waals surface area contributed by atoms with Gasteiger partial charge in [-0.2, -0.15) is 0 Å². The first kappa shape index (κ1) is 15.3. The number of nitrogens with zero attached hydrogens (tertiary/aromatic N) is 1. The number of anilines is 1. The summed E-state index contributed by atoms with van der Waals surface area (Å²) in [7, 11) is 0. The van der Waals surface area contributed by atoms with Crippen molar-refractivity contribution in [3.8, 4) is 11.8 Å². The Morgan fingerprint density at radius 2 is 2.19 bits per heavy atom. The first-order chi connectivity index (χ1) is 10.2. The molecule has 1 aliphatic rings. The average molecular weight is 292 g/mol. The number of hydrogen-bond donors (Lipinski definition) is 2. The van der Waals surface area contributed by atoms with E-state index in [2.05, 4.69) is 17.2 Å². The molecule has 1 aromatic rings. The summed E-state index contributed by atoms with van der Waals surface area (Å²) in [6.45, 7) is 2.03. The minimum atomic E-state index is -0.500. The second-order valence-electron chi connectivity index (χ2n) is 4.50. The third-order valence-electron chi connectivity index (χ3n) is 2.98. The molecule has 1 aliphatic heterocycles. The Kier molecular flexibility index (Phi) is 5.55. The molecule has 1 fully saturated rings. The van der Waals surface area contributed by atoms with Crippen molar-refractivity contribution in [2.75, 3.05) is 38.2 Å².